The van der Waals surface area contributed by atoms with E-state index >= 15 is 0 Å². The predicted molar refractivity (Wildman–Crippen MR) is 57.9 cm³/mol. The molecule has 1 aromatic rings. The maximum atomic E-state index is 6.15. The van der Waals surface area contributed by atoms with E-state index in [4.69, 9.17) is 5.73 Å². The number of allylic oxidation sites excluding steroid dienone is 1. The lowest BCUT2D eigenvalue weighted by Crippen LogP contribution is -2.10. The van der Waals surface area contributed by atoms with Crippen LogP contribution in [0.2, 0.25) is 0 Å². The summed E-state index contributed by atoms with van der Waals surface area (Å²) in [7, 11) is 0. The van der Waals surface area contributed by atoms with Crippen molar-refractivity contribution in [2.45, 2.75) is 32.2 Å². The van der Waals surface area contributed by atoms with E-state index in [0.29, 0.717) is 0 Å². The Kier molecular flexibility index (Phi) is 2.51. The second-order valence-corrected chi connectivity index (χ2v) is 4.75. The molecule has 0 amide bonds. The average Bonchev–Trinajstić information content (AvgIpc) is 2.72. The summed E-state index contributed by atoms with van der Waals surface area (Å²) < 4.78 is 0. The van der Waals surface area contributed by atoms with Crippen molar-refractivity contribution in [3.63, 3.8) is 0 Å². The molecular weight excluding hydrogens is 178 g/mol. The van der Waals surface area contributed by atoms with Crippen LogP contribution in [0.25, 0.3) is 0 Å². The Hall–Kier alpha value is -0.600. The van der Waals surface area contributed by atoms with Gasteiger partial charge in [-0.2, -0.15) is 0 Å². The SMILES string of the molecule is Cc1cc(C(N)C2=CCCC2)cs1. The van der Waals surface area contributed by atoms with Crippen molar-refractivity contribution in [1.82, 2.24) is 0 Å². The highest BCUT2D eigenvalue weighted by Gasteiger charge is 2.15. The first kappa shape index (κ1) is 8.97. The quantitative estimate of drug-likeness (QED) is 0.717. The first-order chi connectivity index (χ1) is 6.27. The molecule has 0 saturated carbocycles. The monoisotopic (exact) mass is 193 g/mol. The van der Waals surface area contributed by atoms with Gasteiger partial charge in [0.15, 0.2) is 0 Å². The predicted octanol–water partition coefficient (Wildman–Crippen LogP) is 3.17. The first-order valence-corrected chi connectivity index (χ1v) is 5.65. The van der Waals surface area contributed by atoms with Gasteiger partial charge < -0.3 is 5.73 Å². The maximum Gasteiger partial charge on any atom is 0.0519 e. The Balaban J connectivity index is 2.16. The smallest absolute Gasteiger partial charge is 0.0519 e. The van der Waals surface area contributed by atoms with Crippen LogP contribution in [-0.2, 0) is 0 Å². The normalized spacial score (nSPS) is 18.8. The van der Waals surface area contributed by atoms with E-state index in [9.17, 15) is 0 Å². The van der Waals surface area contributed by atoms with E-state index in [1.165, 1.54) is 35.3 Å². The molecule has 13 heavy (non-hydrogen) atoms. The molecule has 1 aromatic heterocycles. The van der Waals surface area contributed by atoms with Crippen LogP contribution in [0.1, 0.15) is 35.7 Å². The molecule has 1 nitrogen and oxygen atoms in total. The largest absolute Gasteiger partial charge is 0.321 e. The summed E-state index contributed by atoms with van der Waals surface area (Å²) in [5.41, 5.74) is 8.87. The number of thiophene rings is 1. The van der Waals surface area contributed by atoms with Crippen molar-refractivity contribution in [3.05, 3.63) is 33.5 Å². The summed E-state index contributed by atoms with van der Waals surface area (Å²) in [5, 5.41) is 2.18. The highest BCUT2D eigenvalue weighted by Crippen LogP contribution is 2.30. The van der Waals surface area contributed by atoms with Crippen LogP contribution in [0.3, 0.4) is 0 Å². The van der Waals surface area contributed by atoms with Crippen molar-refractivity contribution < 1.29 is 0 Å². The maximum absolute atomic E-state index is 6.15. The van der Waals surface area contributed by atoms with Crippen molar-refractivity contribution in [1.29, 1.82) is 0 Å². The molecule has 0 fully saturated rings. The van der Waals surface area contributed by atoms with Crippen molar-refractivity contribution in [2.75, 3.05) is 0 Å². The van der Waals surface area contributed by atoms with Gasteiger partial charge in [-0.3, -0.25) is 0 Å². The molecule has 0 bridgehead atoms. The van der Waals surface area contributed by atoms with Crippen molar-refractivity contribution >= 4 is 11.3 Å². The Labute approximate surface area is 83.3 Å². The molecule has 1 aliphatic carbocycles. The van der Waals surface area contributed by atoms with Gasteiger partial charge in [0, 0.05) is 4.88 Å². The van der Waals surface area contributed by atoms with Gasteiger partial charge in [-0.1, -0.05) is 11.6 Å². The highest BCUT2D eigenvalue weighted by atomic mass is 32.1. The van der Waals surface area contributed by atoms with Gasteiger partial charge in [-0.25, -0.2) is 0 Å². The van der Waals surface area contributed by atoms with Gasteiger partial charge in [0.1, 0.15) is 0 Å². The molecule has 2 N–H and O–H groups in total. The molecule has 0 saturated heterocycles. The number of nitrogens with two attached hydrogens (primary N) is 1. The molecule has 0 aliphatic heterocycles. The first-order valence-electron chi connectivity index (χ1n) is 4.77. The molecule has 0 spiro atoms. The fraction of sp³-hybridized carbons (Fsp3) is 0.455. The summed E-state index contributed by atoms with van der Waals surface area (Å²) >= 11 is 1.78. The Morgan fingerprint density at radius 2 is 2.38 bits per heavy atom. The van der Waals surface area contributed by atoms with Gasteiger partial charge >= 0.3 is 0 Å². The summed E-state index contributed by atoms with van der Waals surface area (Å²) in [6.07, 6.45) is 5.99. The molecule has 2 heteroatoms. The van der Waals surface area contributed by atoms with E-state index in [1.807, 2.05) is 0 Å². The minimum atomic E-state index is 0.160. The van der Waals surface area contributed by atoms with E-state index in [0.717, 1.165) is 0 Å². The lowest BCUT2D eigenvalue weighted by molar-refractivity contribution is 0.787. The molecular formula is C11H15NS. The van der Waals surface area contributed by atoms with Crippen molar-refractivity contribution in [2.24, 2.45) is 5.73 Å². The zero-order valence-electron chi connectivity index (χ0n) is 7.92. The summed E-state index contributed by atoms with van der Waals surface area (Å²) in [6, 6.07) is 2.36. The number of hydrogen-bond acceptors (Lipinski definition) is 2. The summed E-state index contributed by atoms with van der Waals surface area (Å²) in [6.45, 7) is 2.13. The Morgan fingerprint density at radius 3 is 2.92 bits per heavy atom. The van der Waals surface area contributed by atoms with E-state index in [1.54, 1.807) is 11.3 Å². The third-order valence-corrected chi connectivity index (χ3v) is 3.47. The highest BCUT2D eigenvalue weighted by molar-refractivity contribution is 7.10. The second kappa shape index (κ2) is 3.64. The van der Waals surface area contributed by atoms with E-state index in [-0.39, 0.29) is 6.04 Å². The fourth-order valence-electron chi connectivity index (χ4n) is 1.82. The van der Waals surface area contributed by atoms with Crippen LogP contribution in [0.4, 0.5) is 0 Å². The number of aryl methyl sites for hydroxylation is 1. The number of rotatable bonds is 2. The number of hydrogen-bond donors (Lipinski definition) is 1. The third kappa shape index (κ3) is 1.84. The fourth-order valence-corrected chi connectivity index (χ4v) is 2.56. The average molecular weight is 193 g/mol. The molecule has 1 unspecified atom stereocenters. The molecule has 0 radical (unpaired) electrons. The summed E-state index contributed by atoms with van der Waals surface area (Å²) in [4.78, 5) is 1.35. The zero-order chi connectivity index (χ0) is 9.26. The van der Waals surface area contributed by atoms with Crippen LogP contribution >= 0.6 is 11.3 Å². The molecule has 1 heterocycles. The standard InChI is InChI=1S/C11H15NS/c1-8-6-10(7-13-8)11(12)9-4-2-3-5-9/h4,6-7,11H,2-3,5,12H2,1H3. The molecule has 1 aliphatic rings. The van der Waals surface area contributed by atoms with Crippen LogP contribution < -0.4 is 5.73 Å². The second-order valence-electron chi connectivity index (χ2n) is 3.64. The zero-order valence-corrected chi connectivity index (χ0v) is 8.73. The van der Waals surface area contributed by atoms with Crippen LogP contribution in [0.15, 0.2) is 23.1 Å². The molecule has 1 atom stereocenters. The van der Waals surface area contributed by atoms with E-state index in [2.05, 4.69) is 24.4 Å². The van der Waals surface area contributed by atoms with E-state index < -0.39 is 0 Å². The molecule has 0 aromatic carbocycles. The van der Waals surface area contributed by atoms with Crippen LogP contribution in [0, 0.1) is 6.92 Å². The van der Waals surface area contributed by atoms with Gasteiger partial charge in [0.05, 0.1) is 6.04 Å². The van der Waals surface area contributed by atoms with Gasteiger partial charge in [-0.15, -0.1) is 11.3 Å². The molecule has 2 rings (SSSR count). The Bertz CT molecular complexity index is 325. The third-order valence-electron chi connectivity index (χ3n) is 2.59. The van der Waals surface area contributed by atoms with Crippen LogP contribution in [-0.4, -0.2) is 0 Å². The lowest BCUT2D eigenvalue weighted by atomic mass is 10.0. The molecule has 70 valence electrons. The van der Waals surface area contributed by atoms with Gasteiger partial charge in [-0.05, 0) is 43.2 Å². The minimum Gasteiger partial charge on any atom is -0.321 e. The minimum absolute atomic E-state index is 0.160. The lowest BCUT2D eigenvalue weighted by Gasteiger charge is -2.10. The Morgan fingerprint density at radius 1 is 1.54 bits per heavy atom. The topological polar surface area (TPSA) is 26.0 Å². The van der Waals surface area contributed by atoms with Crippen LogP contribution in [0.5, 0.6) is 0 Å². The van der Waals surface area contributed by atoms with Crippen molar-refractivity contribution in [3.8, 4) is 0 Å². The summed E-state index contributed by atoms with van der Waals surface area (Å²) in [5.74, 6) is 0. The van der Waals surface area contributed by atoms with Gasteiger partial charge in [0.2, 0.25) is 0 Å². The van der Waals surface area contributed by atoms with Gasteiger partial charge in [0.25, 0.3) is 0 Å².